The number of hydrogen-bond donors (Lipinski definition) is 0. The van der Waals surface area contributed by atoms with Gasteiger partial charge in [-0.15, -0.1) is 0 Å². The Morgan fingerprint density at radius 2 is 1.56 bits per heavy atom. The summed E-state index contributed by atoms with van der Waals surface area (Å²) in [6.45, 7) is 0. The maximum Gasteiger partial charge on any atom is 0.249 e. The van der Waals surface area contributed by atoms with Gasteiger partial charge in [-0.05, 0) is 25.0 Å². The van der Waals surface area contributed by atoms with Gasteiger partial charge in [0.25, 0.3) is 0 Å². The molecule has 4 nitrogen and oxygen atoms in total. The van der Waals surface area contributed by atoms with E-state index in [1.165, 1.54) is 6.42 Å². The highest BCUT2D eigenvalue weighted by Crippen LogP contribution is 2.39. The van der Waals surface area contributed by atoms with Gasteiger partial charge in [-0.1, -0.05) is 30.2 Å². The van der Waals surface area contributed by atoms with E-state index in [9.17, 15) is 0 Å². The number of halogens is 1. The molecule has 1 aromatic rings. The zero-order chi connectivity index (χ0) is 12.4. The lowest BCUT2D eigenvalue weighted by molar-refractivity contribution is -0.633. The van der Waals surface area contributed by atoms with Crippen LogP contribution in [0.1, 0.15) is 44.0 Å². The zero-order valence-corrected chi connectivity index (χ0v) is 10.7. The summed E-state index contributed by atoms with van der Waals surface area (Å²) in [5, 5.41) is 0.667. The minimum absolute atomic E-state index is 0.658. The fraction of sp³-hybridized carbons (Fsp3) is 0.538. The molecule has 0 amide bonds. The van der Waals surface area contributed by atoms with Gasteiger partial charge < -0.3 is 0 Å². The predicted octanol–water partition coefficient (Wildman–Crippen LogP) is 3.91. The van der Waals surface area contributed by atoms with Crippen molar-refractivity contribution >= 4 is 11.6 Å². The average Bonchev–Trinajstić information content (AvgIpc) is 2.42. The van der Waals surface area contributed by atoms with Gasteiger partial charge in [0.05, 0.1) is 0 Å². The second-order valence-electron chi connectivity index (χ2n) is 4.71. The maximum absolute atomic E-state index is 5.82. The summed E-state index contributed by atoms with van der Waals surface area (Å²) in [6.07, 6.45) is 4.29. The molecule has 1 aliphatic heterocycles. The Bertz CT molecular complexity index is 390. The lowest BCUT2D eigenvalue weighted by Crippen LogP contribution is -2.42. The van der Waals surface area contributed by atoms with Crippen LogP contribution in [0.4, 0.5) is 0 Å². The molecule has 0 unspecified atom stereocenters. The van der Waals surface area contributed by atoms with E-state index in [0.717, 1.165) is 31.2 Å². The van der Waals surface area contributed by atoms with Crippen molar-refractivity contribution in [3.05, 3.63) is 34.9 Å². The summed E-state index contributed by atoms with van der Waals surface area (Å²) in [6, 6.07) is 7.18. The zero-order valence-electron chi connectivity index (χ0n) is 9.93. The van der Waals surface area contributed by atoms with Gasteiger partial charge in [-0.2, -0.15) is 19.6 Å². The van der Waals surface area contributed by atoms with Crippen molar-refractivity contribution in [3.8, 4) is 0 Å². The average molecular weight is 271 g/mol. The molecule has 18 heavy (non-hydrogen) atoms. The first-order chi connectivity index (χ1) is 8.77. The fourth-order valence-corrected chi connectivity index (χ4v) is 2.41. The van der Waals surface area contributed by atoms with Crippen molar-refractivity contribution in [1.82, 2.24) is 0 Å². The number of rotatable bonds is 1. The summed E-state index contributed by atoms with van der Waals surface area (Å²) in [5.74, 6) is -0.707. The Labute approximate surface area is 111 Å². The van der Waals surface area contributed by atoms with Crippen LogP contribution in [0.5, 0.6) is 0 Å². The van der Waals surface area contributed by atoms with E-state index >= 15 is 0 Å². The maximum atomic E-state index is 5.82. The molecule has 3 rings (SSSR count). The summed E-state index contributed by atoms with van der Waals surface area (Å²) >= 11 is 5.82. The molecule has 1 spiro atoms. The summed E-state index contributed by atoms with van der Waals surface area (Å²) < 4.78 is 0. The molecule has 2 aliphatic rings. The monoisotopic (exact) mass is 270 g/mol. The molecule has 1 saturated carbocycles. The summed E-state index contributed by atoms with van der Waals surface area (Å²) in [4.78, 5) is 21.5. The molecule has 0 bridgehead atoms. The molecular weight excluding hydrogens is 256 g/mol. The van der Waals surface area contributed by atoms with Gasteiger partial charge in [0.15, 0.2) is 0 Å². The molecular formula is C13H15ClO4. The van der Waals surface area contributed by atoms with Crippen LogP contribution in [0.15, 0.2) is 24.3 Å². The molecule has 0 aromatic heterocycles. The van der Waals surface area contributed by atoms with Crippen LogP contribution in [0.2, 0.25) is 5.02 Å². The van der Waals surface area contributed by atoms with E-state index < -0.39 is 12.1 Å². The Balaban J connectivity index is 1.64. The van der Waals surface area contributed by atoms with Gasteiger partial charge in [0.1, 0.15) is 0 Å². The molecule has 0 N–H and O–H groups in total. The van der Waals surface area contributed by atoms with Crippen LogP contribution in [0.3, 0.4) is 0 Å². The first-order valence-electron chi connectivity index (χ1n) is 6.22. The summed E-state index contributed by atoms with van der Waals surface area (Å²) in [5.41, 5.74) is 0.810. The highest BCUT2D eigenvalue weighted by atomic mass is 35.5. The van der Waals surface area contributed by atoms with Gasteiger partial charge in [0, 0.05) is 23.4 Å². The van der Waals surface area contributed by atoms with E-state index in [4.69, 9.17) is 31.2 Å². The molecule has 1 aliphatic carbocycles. The third kappa shape index (κ3) is 2.53. The molecule has 5 heteroatoms. The van der Waals surface area contributed by atoms with Crippen molar-refractivity contribution < 1.29 is 19.6 Å². The van der Waals surface area contributed by atoms with Crippen molar-refractivity contribution in [3.63, 3.8) is 0 Å². The third-order valence-corrected chi connectivity index (χ3v) is 3.58. The normalized spacial score (nSPS) is 24.3. The molecule has 0 atom stereocenters. The molecule has 1 saturated heterocycles. The summed E-state index contributed by atoms with van der Waals surface area (Å²) in [7, 11) is 0. The van der Waals surface area contributed by atoms with Crippen LogP contribution < -0.4 is 0 Å². The van der Waals surface area contributed by atoms with Crippen LogP contribution in [-0.2, 0) is 19.6 Å². The van der Waals surface area contributed by atoms with Gasteiger partial charge in [0.2, 0.25) is 12.1 Å². The molecule has 1 aromatic carbocycles. The number of hydrogen-bond acceptors (Lipinski definition) is 4. The van der Waals surface area contributed by atoms with E-state index in [2.05, 4.69) is 0 Å². The standard InChI is InChI=1S/C13H15ClO4/c14-11-6-4-10(5-7-11)12-15-17-13(18-16-12)8-2-1-3-9-13/h4-7,12H,1-3,8-9H2. The lowest BCUT2D eigenvalue weighted by atomic mass is 9.94. The highest BCUT2D eigenvalue weighted by molar-refractivity contribution is 6.30. The van der Waals surface area contributed by atoms with E-state index in [-0.39, 0.29) is 0 Å². The second kappa shape index (κ2) is 5.15. The first kappa shape index (κ1) is 12.4. The minimum Gasteiger partial charge on any atom is -0.195 e. The Hall–Kier alpha value is -0.650. The molecule has 98 valence electrons. The van der Waals surface area contributed by atoms with Gasteiger partial charge in [-0.25, -0.2) is 0 Å². The quantitative estimate of drug-likeness (QED) is 0.725. The topological polar surface area (TPSA) is 36.9 Å². The number of benzene rings is 1. The minimum atomic E-state index is -0.707. The van der Waals surface area contributed by atoms with Crippen LogP contribution in [-0.4, -0.2) is 5.79 Å². The molecule has 1 heterocycles. The first-order valence-corrected chi connectivity index (χ1v) is 6.60. The van der Waals surface area contributed by atoms with Crippen LogP contribution >= 0.6 is 11.6 Å². The Morgan fingerprint density at radius 3 is 2.17 bits per heavy atom. The van der Waals surface area contributed by atoms with Gasteiger partial charge in [-0.3, -0.25) is 0 Å². The molecule has 0 radical (unpaired) electrons. The van der Waals surface area contributed by atoms with Crippen LogP contribution in [0.25, 0.3) is 0 Å². The SMILES string of the molecule is Clc1ccc(C2OOC3(CCCCC3)OO2)cc1. The third-order valence-electron chi connectivity index (χ3n) is 3.33. The highest BCUT2D eigenvalue weighted by Gasteiger charge is 2.42. The van der Waals surface area contributed by atoms with Crippen molar-refractivity contribution in [2.45, 2.75) is 44.2 Å². The van der Waals surface area contributed by atoms with Gasteiger partial charge >= 0.3 is 0 Å². The van der Waals surface area contributed by atoms with E-state index in [0.29, 0.717) is 5.02 Å². The predicted molar refractivity (Wildman–Crippen MR) is 64.3 cm³/mol. The lowest BCUT2D eigenvalue weighted by Gasteiger charge is -2.39. The fourth-order valence-electron chi connectivity index (χ4n) is 2.28. The van der Waals surface area contributed by atoms with Crippen molar-refractivity contribution in [2.24, 2.45) is 0 Å². The van der Waals surface area contributed by atoms with Crippen molar-refractivity contribution in [1.29, 1.82) is 0 Å². The largest absolute Gasteiger partial charge is 0.249 e. The molecule has 2 fully saturated rings. The smallest absolute Gasteiger partial charge is 0.195 e. The Morgan fingerprint density at radius 1 is 0.944 bits per heavy atom. The second-order valence-corrected chi connectivity index (χ2v) is 5.15. The van der Waals surface area contributed by atoms with Crippen molar-refractivity contribution in [2.75, 3.05) is 0 Å². The van der Waals surface area contributed by atoms with E-state index in [1.807, 2.05) is 12.1 Å². The van der Waals surface area contributed by atoms with E-state index in [1.54, 1.807) is 12.1 Å². The Kier molecular flexibility index (Phi) is 3.54. The van der Waals surface area contributed by atoms with Crippen LogP contribution in [0, 0.1) is 0 Å².